The molecule has 1 aromatic heterocycles. The molecule has 2 heterocycles. The van der Waals surface area contributed by atoms with Crippen LogP contribution in [-0.2, 0) is 0 Å². The molecule has 112 valence electrons. The Morgan fingerprint density at radius 2 is 2.10 bits per heavy atom. The molecule has 1 aliphatic rings. The molecule has 20 heavy (non-hydrogen) atoms. The molecule has 1 aromatic rings. The van der Waals surface area contributed by atoms with Crippen LogP contribution in [0.5, 0.6) is 0 Å². The smallest absolute Gasteiger partial charge is 0.128 e. The minimum Gasteiger partial charge on any atom is -0.393 e. The number of aliphatic hydroxyl groups is 1. The molecular formula is C16H27N3O. The van der Waals surface area contributed by atoms with Gasteiger partial charge in [0, 0.05) is 25.3 Å². The molecule has 2 atom stereocenters. The molecule has 2 unspecified atom stereocenters. The highest BCUT2D eigenvalue weighted by Gasteiger charge is 2.20. The van der Waals surface area contributed by atoms with E-state index in [1.807, 2.05) is 25.3 Å². The van der Waals surface area contributed by atoms with Crippen LogP contribution in [0, 0.1) is 5.92 Å². The van der Waals surface area contributed by atoms with Crippen LogP contribution >= 0.6 is 0 Å². The van der Waals surface area contributed by atoms with Crippen molar-refractivity contribution in [2.45, 2.75) is 45.3 Å². The zero-order valence-corrected chi connectivity index (χ0v) is 12.6. The van der Waals surface area contributed by atoms with Gasteiger partial charge >= 0.3 is 0 Å². The Kier molecular flexibility index (Phi) is 5.80. The fourth-order valence-corrected chi connectivity index (χ4v) is 2.89. The van der Waals surface area contributed by atoms with E-state index in [1.165, 1.54) is 0 Å². The summed E-state index contributed by atoms with van der Waals surface area (Å²) in [5.74, 6) is 1.62. The van der Waals surface area contributed by atoms with Crippen LogP contribution in [0.3, 0.4) is 0 Å². The lowest BCUT2D eigenvalue weighted by Crippen LogP contribution is -2.44. The summed E-state index contributed by atoms with van der Waals surface area (Å²) >= 11 is 0. The maximum atomic E-state index is 9.38. The third-order valence-electron chi connectivity index (χ3n) is 3.97. The molecule has 0 spiro atoms. The fraction of sp³-hybridized carbons (Fsp3) is 0.688. The molecule has 0 aliphatic carbocycles. The van der Waals surface area contributed by atoms with Gasteiger partial charge in [-0.15, -0.1) is 0 Å². The van der Waals surface area contributed by atoms with Gasteiger partial charge in [-0.05, 0) is 50.8 Å². The first-order valence-electron chi connectivity index (χ1n) is 7.72. The summed E-state index contributed by atoms with van der Waals surface area (Å²) in [6, 6.07) is 6.69. The maximum absolute atomic E-state index is 9.38. The number of aliphatic hydroxyl groups excluding tert-OH is 1. The summed E-state index contributed by atoms with van der Waals surface area (Å²) in [5, 5.41) is 13.0. The number of aromatic nitrogens is 1. The van der Waals surface area contributed by atoms with Crippen LogP contribution in [0.4, 0.5) is 5.82 Å². The minimum atomic E-state index is -0.196. The van der Waals surface area contributed by atoms with Crippen molar-refractivity contribution in [2.24, 2.45) is 5.92 Å². The van der Waals surface area contributed by atoms with Crippen LogP contribution in [0.25, 0.3) is 0 Å². The lowest BCUT2D eigenvalue weighted by molar-refractivity contribution is 0.162. The van der Waals surface area contributed by atoms with Crippen molar-refractivity contribution in [1.29, 1.82) is 0 Å². The second kappa shape index (κ2) is 7.60. The standard InChI is InChI=1S/C16H27N3O/c1-13(11-14(2)20)12-18-15-6-9-19(10-7-15)16-5-3-4-8-17-16/h3-5,8,13-15,18,20H,6-7,9-12H2,1-2H3. The summed E-state index contributed by atoms with van der Waals surface area (Å²) in [6.45, 7) is 7.20. The number of nitrogens with zero attached hydrogens (tertiary/aromatic N) is 2. The zero-order chi connectivity index (χ0) is 14.4. The van der Waals surface area contributed by atoms with Crippen LogP contribution in [-0.4, -0.2) is 41.9 Å². The minimum absolute atomic E-state index is 0.196. The average Bonchev–Trinajstić information content (AvgIpc) is 2.46. The number of rotatable bonds is 6. The third kappa shape index (κ3) is 4.76. The fourth-order valence-electron chi connectivity index (χ4n) is 2.89. The summed E-state index contributed by atoms with van der Waals surface area (Å²) in [7, 11) is 0. The van der Waals surface area contributed by atoms with Crippen molar-refractivity contribution in [1.82, 2.24) is 10.3 Å². The summed E-state index contributed by atoms with van der Waals surface area (Å²) < 4.78 is 0. The van der Waals surface area contributed by atoms with Gasteiger partial charge in [-0.1, -0.05) is 13.0 Å². The lowest BCUT2D eigenvalue weighted by Gasteiger charge is -2.33. The van der Waals surface area contributed by atoms with E-state index in [1.54, 1.807) is 0 Å². The van der Waals surface area contributed by atoms with Gasteiger partial charge in [-0.25, -0.2) is 4.98 Å². The molecule has 0 bridgehead atoms. The zero-order valence-electron chi connectivity index (χ0n) is 12.6. The van der Waals surface area contributed by atoms with Gasteiger partial charge in [-0.3, -0.25) is 0 Å². The lowest BCUT2D eigenvalue weighted by atomic mass is 10.0. The van der Waals surface area contributed by atoms with Crippen molar-refractivity contribution in [3.8, 4) is 0 Å². The van der Waals surface area contributed by atoms with Gasteiger partial charge in [0.15, 0.2) is 0 Å². The van der Waals surface area contributed by atoms with Gasteiger partial charge < -0.3 is 15.3 Å². The highest BCUT2D eigenvalue weighted by atomic mass is 16.3. The number of piperidine rings is 1. The highest BCUT2D eigenvalue weighted by Crippen LogP contribution is 2.17. The molecule has 1 aliphatic heterocycles. The van der Waals surface area contributed by atoms with E-state index in [0.717, 1.165) is 44.7 Å². The molecule has 1 saturated heterocycles. The van der Waals surface area contributed by atoms with Gasteiger partial charge in [-0.2, -0.15) is 0 Å². The van der Waals surface area contributed by atoms with E-state index in [9.17, 15) is 5.11 Å². The Labute approximate surface area is 122 Å². The Morgan fingerprint density at radius 3 is 2.70 bits per heavy atom. The Hall–Kier alpha value is -1.13. The molecule has 0 radical (unpaired) electrons. The van der Waals surface area contributed by atoms with Crippen molar-refractivity contribution in [3.63, 3.8) is 0 Å². The number of nitrogens with one attached hydrogen (secondary N) is 1. The first kappa shape index (κ1) is 15.3. The molecular weight excluding hydrogens is 250 g/mol. The monoisotopic (exact) mass is 277 g/mol. The van der Waals surface area contributed by atoms with E-state index in [-0.39, 0.29) is 6.10 Å². The molecule has 1 fully saturated rings. The van der Waals surface area contributed by atoms with E-state index in [4.69, 9.17) is 0 Å². The highest BCUT2D eigenvalue weighted by molar-refractivity contribution is 5.38. The first-order valence-corrected chi connectivity index (χ1v) is 7.72. The molecule has 0 amide bonds. The molecule has 4 heteroatoms. The topological polar surface area (TPSA) is 48.4 Å². The number of anilines is 1. The molecule has 4 nitrogen and oxygen atoms in total. The predicted octanol–water partition coefficient (Wildman–Crippen LogP) is 2.05. The Balaban J connectivity index is 1.69. The van der Waals surface area contributed by atoms with Crippen molar-refractivity contribution in [2.75, 3.05) is 24.5 Å². The number of pyridine rings is 1. The molecule has 2 rings (SSSR count). The summed E-state index contributed by atoms with van der Waals surface area (Å²) in [5.41, 5.74) is 0. The van der Waals surface area contributed by atoms with Gasteiger partial charge in [0.2, 0.25) is 0 Å². The van der Waals surface area contributed by atoms with Gasteiger partial charge in [0.25, 0.3) is 0 Å². The first-order chi connectivity index (χ1) is 9.65. The second-order valence-electron chi connectivity index (χ2n) is 6.05. The quantitative estimate of drug-likeness (QED) is 0.835. The molecule has 2 N–H and O–H groups in total. The average molecular weight is 277 g/mol. The molecule has 0 aromatic carbocycles. The Bertz CT molecular complexity index is 375. The maximum Gasteiger partial charge on any atom is 0.128 e. The normalized spacial score (nSPS) is 19.9. The summed E-state index contributed by atoms with van der Waals surface area (Å²) in [4.78, 5) is 6.77. The predicted molar refractivity (Wildman–Crippen MR) is 82.9 cm³/mol. The number of hydrogen-bond donors (Lipinski definition) is 2. The summed E-state index contributed by atoms with van der Waals surface area (Å²) in [6.07, 6.45) is 4.87. The van der Waals surface area contributed by atoms with E-state index < -0.39 is 0 Å². The van der Waals surface area contributed by atoms with Crippen LogP contribution in [0.2, 0.25) is 0 Å². The van der Waals surface area contributed by atoms with Crippen molar-refractivity contribution in [3.05, 3.63) is 24.4 Å². The van der Waals surface area contributed by atoms with Crippen LogP contribution in [0.1, 0.15) is 33.1 Å². The molecule has 0 saturated carbocycles. The SMILES string of the molecule is CC(O)CC(C)CNC1CCN(c2ccccn2)CC1. The van der Waals surface area contributed by atoms with E-state index >= 15 is 0 Å². The van der Waals surface area contributed by atoms with Crippen LogP contribution < -0.4 is 10.2 Å². The van der Waals surface area contributed by atoms with Crippen molar-refractivity contribution < 1.29 is 5.11 Å². The third-order valence-corrected chi connectivity index (χ3v) is 3.97. The van der Waals surface area contributed by atoms with E-state index in [0.29, 0.717) is 12.0 Å². The number of hydrogen-bond acceptors (Lipinski definition) is 4. The van der Waals surface area contributed by atoms with Crippen molar-refractivity contribution >= 4 is 5.82 Å². The second-order valence-corrected chi connectivity index (χ2v) is 6.05. The largest absolute Gasteiger partial charge is 0.393 e. The van der Waals surface area contributed by atoms with Crippen LogP contribution in [0.15, 0.2) is 24.4 Å². The van der Waals surface area contributed by atoms with Gasteiger partial charge in [0.05, 0.1) is 6.10 Å². The Morgan fingerprint density at radius 1 is 1.35 bits per heavy atom. The van der Waals surface area contributed by atoms with E-state index in [2.05, 4.69) is 28.2 Å². The van der Waals surface area contributed by atoms with Gasteiger partial charge in [0.1, 0.15) is 5.82 Å².